The second-order valence-electron chi connectivity index (χ2n) is 4.04. The van der Waals surface area contributed by atoms with Gasteiger partial charge in [-0.2, -0.15) is 0 Å². The Hall–Kier alpha value is -1.30. The van der Waals surface area contributed by atoms with Crippen LogP contribution in [-0.2, 0) is 0 Å². The van der Waals surface area contributed by atoms with E-state index in [1.165, 1.54) is 18.2 Å². The Morgan fingerprint density at radius 1 is 0.407 bits per heavy atom. The normalized spacial score (nSPS) is 8.22. The second-order valence-corrected chi connectivity index (χ2v) is 4.04. The van der Waals surface area contributed by atoms with Gasteiger partial charge >= 0.3 is 26.2 Å². The molecule has 0 amide bonds. The first kappa shape index (κ1) is 30.4. The van der Waals surface area contributed by atoms with Gasteiger partial charge in [0.15, 0.2) is 0 Å². The molecule has 3 rings (SSSR count). The molecule has 0 aromatic heterocycles. The van der Waals surface area contributed by atoms with Gasteiger partial charge in [0.2, 0.25) is 0 Å². The first-order valence-electron chi connectivity index (χ1n) is 6.37. The van der Waals surface area contributed by atoms with Crippen molar-refractivity contribution in [1.29, 1.82) is 0 Å². The van der Waals surface area contributed by atoms with E-state index in [0.717, 1.165) is 36.4 Å². The number of halogens is 8. The molecular formula is C18H9BiCl2F6. The maximum atomic E-state index is 11.9. The fraction of sp³-hybridized carbons (Fsp3) is 0. The number of hydrogen-bond acceptors (Lipinski definition) is 0. The van der Waals surface area contributed by atoms with Crippen molar-refractivity contribution in [2.45, 2.75) is 0 Å². The molecule has 0 nitrogen and oxygen atoms in total. The molecule has 0 atom stereocenters. The van der Waals surface area contributed by atoms with Gasteiger partial charge in [0.25, 0.3) is 0 Å². The Morgan fingerprint density at radius 2 is 0.556 bits per heavy atom. The summed E-state index contributed by atoms with van der Waals surface area (Å²) in [5.41, 5.74) is 0. The summed E-state index contributed by atoms with van der Waals surface area (Å²) in [7, 11) is 0. The van der Waals surface area contributed by atoms with Crippen molar-refractivity contribution in [2.24, 2.45) is 0 Å². The van der Waals surface area contributed by atoms with Gasteiger partial charge in [0.1, 0.15) is 34.9 Å². The zero-order valence-corrected chi connectivity index (χ0v) is 18.2. The van der Waals surface area contributed by atoms with Gasteiger partial charge in [-0.1, -0.05) is 18.2 Å². The van der Waals surface area contributed by atoms with Crippen molar-refractivity contribution in [3.05, 3.63) is 108 Å². The molecule has 0 fully saturated rings. The van der Waals surface area contributed by atoms with Crippen LogP contribution in [0.5, 0.6) is 0 Å². The van der Waals surface area contributed by atoms with Crippen molar-refractivity contribution in [2.75, 3.05) is 0 Å². The van der Waals surface area contributed by atoms with E-state index in [4.69, 9.17) is 0 Å². The minimum absolute atomic E-state index is 0. The van der Waals surface area contributed by atoms with E-state index in [2.05, 4.69) is 0 Å². The molecule has 0 heterocycles. The zero-order chi connectivity index (χ0) is 17.9. The first-order chi connectivity index (χ1) is 11.4. The first-order valence-corrected chi connectivity index (χ1v) is 6.37. The van der Waals surface area contributed by atoms with Crippen LogP contribution in [0.2, 0.25) is 0 Å². The van der Waals surface area contributed by atoms with Gasteiger partial charge in [0.05, 0.1) is 18.2 Å². The van der Waals surface area contributed by atoms with E-state index in [9.17, 15) is 26.3 Å². The quantitative estimate of drug-likeness (QED) is 0.222. The van der Waals surface area contributed by atoms with Gasteiger partial charge < -0.3 is 24.8 Å². The SMILES string of the molecule is Fc1[c]c(F)ccc1.Fc1[c]c(F)ccc1.Fc1[c]c(F)ccc1.[Bi+2].[Cl-].[Cl-]. The molecule has 0 N–H and O–H groups in total. The third kappa shape index (κ3) is 15.5. The Labute approximate surface area is 184 Å². The summed E-state index contributed by atoms with van der Waals surface area (Å²) in [6.45, 7) is 0. The Kier molecular flexibility index (Phi) is 19.0. The molecule has 0 saturated carbocycles. The summed E-state index contributed by atoms with van der Waals surface area (Å²) in [6, 6.07) is 16.2. The monoisotopic (exact) mass is 618 g/mol. The number of benzene rings is 3. The Balaban J connectivity index is -0.000000303. The van der Waals surface area contributed by atoms with Crippen LogP contribution in [0.25, 0.3) is 0 Å². The van der Waals surface area contributed by atoms with E-state index >= 15 is 0 Å². The van der Waals surface area contributed by atoms with E-state index in [0.29, 0.717) is 0 Å². The molecule has 0 saturated heterocycles. The van der Waals surface area contributed by atoms with Crippen LogP contribution in [0, 0.1) is 53.1 Å². The van der Waals surface area contributed by atoms with E-state index in [-0.39, 0.29) is 51.0 Å². The van der Waals surface area contributed by atoms with Crippen LogP contribution < -0.4 is 24.8 Å². The molecule has 0 aliphatic rings. The minimum atomic E-state index is -0.662. The summed E-state index contributed by atoms with van der Waals surface area (Å²) in [6.07, 6.45) is 0. The second kappa shape index (κ2) is 16.8. The molecule has 0 bridgehead atoms. The molecule has 0 unspecified atom stereocenters. The molecule has 3 aromatic carbocycles. The summed E-state index contributed by atoms with van der Waals surface area (Å²) in [4.78, 5) is 0. The molecule has 9 heteroatoms. The van der Waals surface area contributed by atoms with Crippen LogP contribution in [-0.4, -0.2) is 26.2 Å². The Morgan fingerprint density at radius 3 is 0.630 bits per heavy atom. The number of rotatable bonds is 0. The predicted molar refractivity (Wildman–Crippen MR) is 81.3 cm³/mol. The topological polar surface area (TPSA) is 0 Å². The van der Waals surface area contributed by atoms with Crippen molar-refractivity contribution >= 4 is 26.2 Å². The summed E-state index contributed by atoms with van der Waals surface area (Å²) >= 11 is 0. The van der Waals surface area contributed by atoms with Crippen LogP contribution in [0.1, 0.15) is 0 Å². The third-order valence-electron chi connectivity index (χ3n) is 2.17. The number of hydrogen-bond donors (Lipinski definition) is 0. The molecule has 6 radical (unpaired) electrons. The molecule has 0 spiro atoms. The molecular weight excluding hydrogens is 610 g/mol. The van der Waals surface area contributed by atoms with Crippen molar-refractivity contribution in [3.8, 4) is 0 Å². The van der Waals surface area contributed by atoms with E-state index in [1.807, 2.05) is 18.2 Å². The van der Waals surface area contributed by atoms with Gasteiger partial charge in [-0.25, -0.2) is 26.3 Å². The molecule has 0 aliphatic carbocycles. The maximum Gasteiger partial charge on any atom is 2.00 e. The van der Waals surface area contributed by atoms with Crippen molar-refractivity contribution in [3.63, 3.8) is 0 Å². The smallest absolute Gasteiger partial charge is 1.00 e. The Bertz CT molecular complexity index is 619. The zero-order valence-electron chi connectivity index (χ0n) is 13.2. The molecule has 0 aliphatic heterocycles. The summed E-state index contributed by atoms with van der Waals surface area (Å²) < 4.78 is 71.2. The van der Waals surface area contributed by atoms with Crippen LogP contribution >= 0.6 is 0 Å². The van der Waals surface area contributed by atoms with Crippen LogP contribution in [0.15, 0.2) is 54.6 Å². The van der Waals surface area contributed by atoms with Crippen LogP contribution in [0.3, 0.4) is 0 Å². The summed E-state index contributed by atoms with van der Waals surface area (Å²) in [5.74, 6) is -3.97. The molecule has 27 heavy (non-hydrogen) atoms. The molecule has 3 aromatic rings. The summed E-state index contributed by atoms with van der Waals surface area (Å²) in [5, 5.41) is 0. The maximum absolute atomic E-state index is 11.9. The minimum Gasteiger partial charge on any atom is -1.00 e. The fourth-order valence-electron chi connectivity index (χ4n) is 1.24. The van der Waals surface area contributed by atoms with Gasteiger partial charge in [0, 0.05) is 0 Å². The third-order valence-corrected chi connectivity index (χ3v) is 2.17. The van der Waals surface area contributed by atoms with Crippen molar-refractivity contribution < 1.29 is 51.2 Å². The van der Waals surface area contributed by atoms with E-state index in [1.54, 1.807) is 0 Å². The van der Waals surface area contributed by atoms with Gasteiger partial charge in [-0.05, 0) is 36.4 Å². The largest absolute Gasteiger partial charge is 2.00 e. The van der Waals surface area contributed by atoms with Crippen LogP contribution in [0.4, 0.5) is 26.3 Å². The standard InChI is InChI=1S/3C6H3F2.Bi.2ClH/c3*7-5-2-1-3-6(8)4-5;;;/h3*1-3H;;2*1H/q;;;+2;;/p-2. The average Bonchev–Trinajstić information content (AvgIpc) is 2.47. The fourth-order valence-corrected chi connectivity index (χ4v) is 1.24. The average molecular weight is 619 g/mol. The van der Waals surface area contributed by atoms with Crippen molar-refractivity contribution in [1.82, 2.24) is 0 Å². The van der Waals surface area contributed by atoms with Gasteiger partial charge in [-0.15, -0.1) is 0 Å². The van der Waals surface area contributed by atoms with E-state index < -0.39 is 34.9 Å². The predicted octanol–water partition coefficient (Wildman–Crippen LogP) is -1.08. The molecule has 142 valence electrons. The van der Waals surface area contributed by atoms with Gasteiger partial charge in [-0.3, -0.25) is 0 Å².